The highest BCUT2D eigenvalue weighted by molar-refractivity contribution is 6.37. The highest BCUT2D eigenvalue weighted by Gasteiger charge is 2.40. The molecule has 226 valence electrons. The van der Waals surface area contributed by atoms with Crippen LogP contribution in [0.25, 0.3) is 54.5 Å². The van der Waals surface area contributed by atoms with Crippen LogP contribution in [0.1, 0.15) is 60.9 Å². The van der Waals surface area contributed by atoms with Crippen molar-refractivity contribution in [2.24, 2.45) is 0 Å². The minimum Gasteiger partial charge on any atom is -0.512 e. The molecule has 44 heavy (non-hydrogen) atoms. The van der Waals surface area contributed by atoms with Gasteiger partial charge in [0.05, 0.1) is 37.5 Å². The van der Waals surface area contributed by atoms with E-state index < -0.39 is 24.7 Å². The van der Waals surface area contributed by atoms with Crippen molar-refractivity contribution in [1.29, 1.82) is 0 Å². The van der Waals surface area contributed by atoms with Crippen molar-refractivity contribution in [2.45, 2.75) is 70.9 Å². The van der Waals surface area contributed by atoms with Crippen molar-refractivity contribution in [2.75, 3.05) is 7.11 Å². The molecule has 2 fully saturated rings. The minimum atomic E-state index is -0.481. The van der Waals surface area contributed by atoms with E-state index in [0.29, 0.717) is 59.6 Å². The number of nitrogens with one attached hydrogen (secondary N) is 2. The Morgan fingerprint density at radius 3 is 2.23 bits per heavy atom. The van der Waals surface area contributed by atoms with Gasteiger partial charge in [0.25, 0.3) is 0 Å². The maximum absolute atomic E-state index is 13.7. The summed E-state index contributed by atoms with van der Waals surface area (Å²) in [5, 5.41) is 68.9. The van der Waals surface area contributed by atoms with E-state index in [1.807, 2.05) is 13.0 Å². The second kappa shape index (κ2) is 9.34. The van der Waals surface area contributed by atoms with Crippen LogP contribution in [0.3, 0.4) is 0 Å². The van der Waals surface area contributed by atoms with Gasteiger partial charge in [0, 0.05) is 60.7 Å². The molecule has 9 heteroatoms. The number of hydrogen-bond donors (Lipinski definition) is 7. The van der Waals surface area contributed by atoms with Gasteiger partial charge in [-0.2, -0.15) is 0 Å². The molecule has 3 atom stereocenters. The lowest BCUT2D eigenvalue weighted by atomic mass is 9.77. The monoisotopic (exact) mass is 594 g/mol. The van der Waals surface area contributed by atoms with E-state index in [9.17, 15) is 30.3 Å². The molecule has 1 unspecified atom stereocenters. The Hall–Kier alpha value is -4.31. The van der Waals surface area contributed by atoms with Gasteiger partial charge in [0.2, 0.25) is 0 Å². The van der Waals surface area contributed by atoms with Crippen LogP contribution in [0.4, 0.5) is 0 Å². The quantitative estimate of drug-likeness (QED) is 0.123. The first-order chi connectivity index (χ1) is 21.2. The molecule has 0 radical (unpaired) electrons. The predicted molar refractivity (Wildman–Crippen MR) is 170 cm³/mol. The van der Waals surface area contributed by atoms with Gasteiger partial charge in [-0.1, -0.05) is 12.8 Å². The largest absolute Gasteiger partial charge is 0.512 e. The number of rotatable bonds is 3. The highest BCUT2D eigenvalue weighted by Crippen LogP contribution is 2.52. The van der Waals surface area contributed by atoms with Crippen LogP contribution in [0.5, 0.6) is 17.2 Å². The van der Waals surface area contributed by atoms with Crippen molar-refractivity contribution >= 4 is 54.5 Å². The third-order valence-electron chi connectivity index (χ3n) is 10.3. The summed E-state index contributed by atoms with van der Waals surface area (Å²) in [6.45, 7) is 2.61. The van der Waals surface area contributed by atoms with E-state index in [1.165, 1.54) is 13.2 Å². The van der Waals surface area contributed by atoms with Crippen molar-refractivity contribution in [3.8, 4) is 17.2 Å². The summed E-state index contributed by atoms with van der Waals surface area (Å²) in [6.07, 6.45) is 4.22. The van der Waals surface area contributed by atoms with Crippen LogP contribution >= 0.6 is 0 Å². The number of benzene rings is 4. The number of aliphatic hydroxyl groups excluding tert-OH is 3. The molecule has 1 saturated heterocycles. The van der Waals surface area contributed by atoms with Crippen molar-refractivity contribution in [3.63, 3.8) is 0 Å². The lowest BCUT2D eigenvalue weighted by Crippen LogP contribution is -2.58. The van der Waals surface area contributed by atoms with Crippen LogP contribution < -0.4 is 31.2 Å². The van der Waals surface area contributed by atoms with Gasteiger partial charge in [-0.05, 0) is 72.4 Å². The Bertz CT molecular complexity index is 2290. The fourth-order valence-corrected chi connectivity index (χ4v) is 8.64. The smallest absolute Gasteiger partial charge is 0.190 e. The van der Waals surface area contributed by atoms with Crippen LogP contribution in [0, 0.1) is 6.92 Å². The van der Waals surface area contributed by atoms with Crippen LogP contribution in [0.2, 0.25) is 0 Å². The van der Waals surface area contributed by atoms with Crippen molar-refractivity contribution in [1.82, 2.24) is 10.6 Å². The number of hydrogen-bond acceptors (Lipinski definition) is 9. The first-order valence-corrected chi connectivity index (χ1v) is 15.2. The molecule has 9 nitrogen and oxygen atoms in total. The third kappa shape index (κ3) is 3.26. The molecule has 5 aromatic rings. The second-order valence-electron chi connectivity index (χ2n) is 12.6. The molecule has 0 aromatic heterocycles. The standard InChI is InChI=1S/C35H34N2O7/c1-13-8-17-25-28-23(15(11-38)9-20(41)26(28)33-32(17)36-18-6-4-5-7-19(18)37-33)24-16(12-39)10-21(42)27-29(24)30(25)31(22(13)14(2)40)35(44-3)34(27)43/h8-10,18-19,33,36-41,43H,4-7,11-12H2,1-3H3/t18-,19+,33?/m0/s1. The summed E-state index contributed by atoms with van der Waals surface area (Å²) < 4.78 is 5.82. The molecule has 2 aliphatic carbocycles. The minimum absolute atomic E-state index is 0.00991. The fraction of sp³-hybridized carbons (Fsp3) is 0.343. The Morgan fingerprint density at radius 1 is 0.886 bits per heavy atom. The second-order valence-corrected chi connectivity index (χ2v) is 12.6. The SMILES string of the molecule is COc1c(O)c2c(=O)cc(CO)c3c4c(CO)cc(O)c5c4c4c(cc(C)c(=C(C)O)c1c4c23)=C1N[C@H]2CCCC[C@H]2NC15. The van der Waals surface area contributed by atoms with Crippen LogP contribution in [-0.2, 0) is 13.2 Å². The normalized spacial score (nSPS) is 21.7. The van der Waals surface area contributed by atoms with Gasteiger partial charge in [0.1, 0.15) is 5.75 Å². The third-order valence-corrected chi connectivity index (χ3v) is 10.3. The molecule has 1 aliphatic heterocycles. The molecular weight excluding hydrogens is 560 g/mol. The lowest BCUT2D eigenvalue weighted by Gasteiger charge is -2.45. The number of phenolic OH excluding ortho intramolecular Hbond substituents is 2. The van der Waals surface area contributed by atoms with E-state index >= 15 is 0 Å². The number of piperazine rings is 1. The predicted octanol–water partition coefficient (Wildman–Crippen LogP) is 3.16. The summed E-state index contributed by atoms with van der Waals surface area (Å²) in [7, 11) is 1.42. The first kappa shape index (κ1) is 27.3. The van der Waals surface area contributed by atoms with E-state index in [1.54, 1.807) is 13.0 Å². The molecule has 3 aliphatic rings. The number of fused-ring (bicyclic) bond motifs is 4. The van der Waals surface area contributed by atoms with Gasteiger partial charge in [0.15, 0.2) is 16.9 Å². The number of aromatic hydroxyl groups is 2. The van der Waals surface area contributed by atoms with E-state index in [4.69, 9.17) is 4.74 Å². The number of ether oxygens (including phenoxy) is 1. The average molecular weight is 595 g/mol. The fourth-order valence-electron chi connectivity index (χ4n) is 8.64. The maximum atomic E-state index is 13.7. The number of phenols is 2. The number of aliphatic hydroxyl groups is 3. The molecule has 5 aromatic carbocycles. The Labute approximate surface area is 251 Å². The molecule has 1 saturated carbocycles. The zero-order valence-corrected chi connectivity index (χ0v) is 24.8. The Balaban J connectivity index is 1.83. The van der Waals surface area contributed by atoms with E-state index in [0.717, 1.165) is 42.2 Å². The summed E-state index contributed by atoms with van der Waals surface area (Å²) in [5.74, 6) is -0.262. The van der Waals surface area contributed by atoms with Gasteiger partial charge in [-0.25, -0.2) is 0 Å². The topological polar surface area (TPSA) is 152 Å². The molecule has 7 N–H and O–H groups in total. The van der Waals surface area contributed by atoms with Gasteiger partial charge >= 0.3 is 0 Å². The zero-order valence-electron chi connectivity index (χ0n) is 24.8. The zero-order chi connectivity index (χ0) is 30.8. The van der Waals surface area contributed by atoms with Gasteiger partial charge in [-0.3, -0.25) is 4.79 Å². The Kier molecular flexibility index (Phi) is 5.79. The van der Waals surface area contributed by atoms with Crippen molar-refractivity contribution < 1.29 is 30.3 Å². The lowest BCUT2D eigenvalue weighted by molar-refractivity contribution is 0.262. The highest BCUT2D eigenvalue weighted by atomic mass is 16.5. The maximum Gasteiger partial charge on any atom is 0.190 e. The first-order valence-electron chi connectivity index (χ1n) is 15.2. The summed E-state index contributed by atoms with van der Waals surface area (Å²) >= 11 is 0. The van der Waals surface area contributed by atoms with E-state index in [2.05, 4.69) is 10.6 Å². The molecule has 1 heterocycles. The number of methoxy groups -OCH3 is 1. The number of aryl methyl sites for hydroxylation is 1. The van der Waals surface area contributed by atoms with Crippen LogP contribution in [-0.4, -0.2) is 44.7 Å². The summed E-state index contributed by atoms with van der Waals surface area (Å²) in [6, 6.07) is 4.90. The summed E-state index contributed by atoms with van der Waals surface area (Å²) in [4.78, 5) is 13.7. The van der Waals surface area contributed by atoms with Gasteiger partial charge < -0.3 is 40.9 Å². The van der Waals surface area contributed by atoms with Crippen LogP contribution in [0.15, 0.2) is 23.0 Å². The Morgan fingerprint density at radius 2 is 1.55 bits per heavy atom. The molecule has 8 rings (SSSR count). The van der Waals surface area contributed by atoms with Gasteiger partial charge in [-0.15, -0.1) is 0 Å². The van der Waals surface area contributed by atoms with E-state index in [-0.39, 0.29) is 40.5 Å². The molecule has 0 spiro atoms. The molecule has 0 bridgehead atoms. The average Bonchev–Trinajstić information content (AvgIpc) is 3.14. The molecule has 0 amide bonds. The van der Waals surface area contributed by atoms with Crippen molar-refractivity contribution in [3.05, 3.63) is 61.1 Å². The summed E-state index contributed by atoms with van der Waals surface area (Å²) in [5.41, 5.74) is 2.56. The molecular formula is C35H34N2O7.